The molecule has 4 rings (SSSR count). The molecule has 0 radical (unpaired) electrons. The molecule has 3 saturated carbocycles. The summed E-state index contributed by atoms with van der Waals surface area (Å²) in [6, 6.07) is 0. The lowest BCUT2D eigenvalue weighted by molar-refractivity contribution is -0.152. The minimum absolute atomic E-state index is 0.0484. The normalized spacial score (nSPS) is 44.9. The van der Waals surface area contributed by atoms with Crippen LogP contribution >= 0.6 is 0 Å². The van der Waals surface area contributed by atoms with Crippen LogP contribution in [0.25, 0.3) is 0 Å². The molecular formula is C19H29NO4. The van der Waals surface area contributed by atoms with E-state index in [0.717, 1.165) is 57.8 Å². The van der Waals surface area contributed by atoms with Gasteiger partial charge in [0, 0.05) is 19.0 Å². The number of carbonyl (C=O) groups excluding carboxylic acids is 1. The van der Waals surface area contributed by atoms with Crippen LogP contribution in [-0.4, -0.2) is 46.2 Å². The SMILES string of the molecule is O=C(C1C[C@H]2CC(O)C[C@@H](C1)C2)N1C[C@@H]2CCCC[C@]2(C(=O)O)C1. The Morgan fingerprint density at radius 3 is 2.33 bits per heavy atom. The third-order valence-electron chi connectivity index (χ3n) is 7.32. The Hall–Kier alpha value is -1.10. The van der Waals surface area contributed by atoms with Gasteiger partial charge in [-0.15, -0.1) is 0 Å². The largest absolute Gasteiger partial charge is 0.481 e. The third-order valence-corrected chi connectivity index (χ3v) is 7.32. The van der Waals surface area contributed by atoms with Crippen molar-refractivity contribution >= 4 is 11.9 Å². The molecule has 1 amide bonds. The van der Waals surface area contributed by atoms with Gasteiger partial charge >= 0.3 is 5.97 Å². The fourth-order valence-corrected chi connectivity index (χ4v) is 6.25. The lowest BCUT2D eigenvalue weighted by Crippen LogP contribution is -2.44. The number of aliphatic hydroxyl groups excluding tert-OH is 1. The highest BCUT2D eigenvalue weighted by molar-refractivity contribution is 5.82. The molecule has 4 fully saturated rings. The quantitative estimate of drug-likeness (QED) is 0.811. The Kier molecular flexibility index (Phi) is 4.10. The van der Waals surface area contributed by atoms with E-state index in [-0.39, 0.29) is 23.8 Å². The molecule has 0 aromatic rings. The van der Waals surface area contributed by atoms with Crippen LogP contribution in [0, 0.1) is 29.1 Å². The number of carbonyl (C=O) groups is 2. The summed E-state index contributed by atoms with van der Waals surface area (Å²) in [5, 5.41) is 19.7. The first-order valence-electron chi connectivity index (χ1n) is 9.68. The Morgan fingerprint density at radius 2 is 1.71 bits per heavy atom. The molecule has 2 unspecified atom stereocenters. The van der Waals surface area contributed by atoms with Crippen LogP contribution in [0.5, 0.6) is 0 Å². The number of hydrogen-bond donors (Lipinski definition) is 2. The highest BCUT2D eigenvalue weighted by Gasteiger charge is 2.55. The molecule has 6 atom stereocenters. The van der Waals surface area contributed by atoms with Crippen molar-refractivity contribution < 1.29 is 19.8 Å². The van der Waals surface area contributed by atoms with Crippen LogP contribution in [0.15, 0.2) is 0 Å². The lowest BCUT2D eigenvalue weighted by atomic mass is 9.67. The van der Waals surface area contributed by atoms with Gasteiger partial charge < -0.3 is 15.1 Å². The van der Waals surface area contributed by atoms with Crippen LogP contribution in [0.1, 0.15) is 57.8 Å². The summed E-state index contributed by atoms with van der Waals surface area (Å²) < 4.78 is 0. The van der Waals surface area contributed by atoms with Crippen molar-refractivity contribution in [2.45, 2.75) is 63.9 Å². The maximum Gasteiger partial charge on any atom is 0.311 e. The lowest BCUT2D eigenvalue weighted by Gasteiger charge is -2.41. The predicted octanol–water partition coefficient (Wildman–Crippen LogP) is 2.28. The van der Waals surface area contributed by atoms with E-state index in [1.54, 1.807) is 0 Å². The maximum atomic E-state index is 13.1. The minimum atomic E-state index is -0.703. The molecule has 0 aromatic carbocycles. The van der Waals surface area contributed by atoms with E-state index in [4.69, 9.17) is 0 Å². The highest BCUT2D eigenvalue weighted by Crippen LogP contribution is 2.49. The summed E-state index contributed by atoms with van der Waals surface area (Å²) in [5.41, 5.74) is -0.686. The number of rotatable bonds is 2. The molecule has 1 aliphatic heterocycles. The van der Waals surface area contributed by atoms with Gasteiger partial charge in [-0.25, -0.2) is 0 Å². The average molecular weight is 335 g/mol. The number of nitrogens with zero attached hydrogens (tertiary/aromatic N) is 1. The zero-order chi connectivity index (χ0) is 16.9. The zero-order valence-corrected chi connectivity index (χ0v) is 14.3. The monoisotopic (exact) mass is 335 g/mol. The Balaban J connectivity index is 1.47. The van der Waals surface area contributed by atoms with Gasteiger partial charge in [0.2, 0.25) is 5.91 Å². The zero-order valence-electron chi connectivity index (χ0n) is 14.3. The molecule has 3 aliphatic carbocycles. The smallest absolute Gasteiger partial charge is 0.311 e. The van der Waals surface area contributed by atoms with Crippen molar-refractivity contribution in [3.8, 4) is 0 Å². The van der Waals surface area contributed by atoms with Crippen LogP contribution in [0.2, 0.25) is 0 Å². The van der Waals surface area contributed by atoms with Crippen molar-refractivity contribution in [2.75, 3.05) is 13.1 Å². The predicted molar refractivity (Wildman–Crippen MR) is 88.2 cm³/mol. The summed E-state index contributed by atoms with van der Waals surface area (Å²) in [7, 11) is 0. The van der Waals surface area contributed by atoms with Gasteiger partial charge in [0.25, 0.3) is 0 Å². The number of amides is 1. The maximum absolute atomic E-state index is 13.1. The number of carboxylic acid groups (broad SMARTS) is 1. The number of carboxylic acids is 1. The molecule has 24 heavy (non-hydrogen) atoms. The summed E-state index contributed by atoms with van der Waals surface area (Å²) >= 11 is 0. The fourth-order valence-electron chi connectivity index (χ4n) is 6.25. The van der Waals surface area contributed by atoms with Crippen molar-refractivity contribution in [1.82, 2.24) is 4.90 Å². The molecule has 5 heteroatoms. The van der Waals surface area contributed by atoms with E-state index in [0.29, 0.717) is 24.9 Å². The fraction of sp³-hybridized carbons (Fsp3) is 0.895. The Morgan fingerprint density at radius 1 is 1.00 bits per heavy atom. The Labute approximate surface area is 143 Å². The van der Waals surface area contributed by atoms with E-state index in [2.05, 4.69) is 0 Å². The molecule has 2 N–H and O–H groups in total. The first-order valence-corrected chi connectivity index (χ1v) is 9.68. The first kappa shape index (κ1) is 16.4. The number of likely N-dealkylation sites (tertiary alicyclic amines) is 1. The number of hydrogen-bond acceptors (Lipinski definition) is 3. The summed E-state index contributed by atoms with van der Waals surface area (Å²) in [6.07, 6.45) is 8.13. The van der Waals surface area contributed by atoms with Crippen molar-refractivity contribution in [1.29, 1.82) is 0 Å². The van der Waals surface area contributed by atoms with E-state index in [1.807, 2.05) is 4.90 Å². The summed E-state index contributed by atoms with van der Waals surface area (Å²) in [6.45, 7) is 1.06. The van der Waals surface area contributed by atoms with Gasteiger partial charge in [-0.1, -0.05) is 12.8 Å². The summed E-state index contributed by atoms with van der Waals surface area (Å²) in [5.74, 6) is 0.617. The van der Waals surface area contributed by atoms with E-state index >= 15 is 0 Å². The highest BCUT2D eigenvalue weighted by atomic mass is 16.4. The molecule has 0 spiro atoms. The van der Waals surface area contributed by atoms with Crippen LogP contribution in [-0.2, 0) is 9.59 Å². The van der Waals surface area contributed by atoms with Crippen molar-refractivity contribution in [3.05, 3.63) is 0 Å². The molecule has 134 valence electrons. The van der Waals surface area contributed by atoms with E-state index in [1.165, 1.54) is 0 Å². The van der Waals surface area contributed by atoms with Gasteiger partial charge in [-0.05, 0) is 62.7 Å². The first-order chi connectivity index (χ1) is 11.5. The van der Waals surface area contributed by atoms with Crippen molar-refractivity contribution in [2.24, 2.45) is 29.1 Å². The molecule has 2 bridgehead atoms. The number of aliphatic carboxylic acids is 1. The van der Waals surface area contributed by atoms with Crippen LogP contribution in [0.4, 0.5) is 0 Å². The van der Waals surface area contributed by atoms with E-state index < -0.39 is 11.4 Å². The second-order valence-electron chi connectivity index (χ2n) is 8.88. The number of fused-ring (bicyclic) bond motifs is 3. The molecule has 1 saturated heterocycles. The van der Waals surface area contributed by atoms with Crippen molar-refractivity contribution in [3.63, 3.8) is 0 Å². The minimum Gasteiger partial charge on any atom is -0.481 e. The molecule has 4 aliphatic rings. The van der Waals surface area contributed by atoms with Gasteiger partial charge in [0.05, 0.1) is 11.5 Å². The third kappa shape index (κ3) is 2.65. The topological polar surface area (TPSA) is 77.8 Å². The van der Waals surface area contributed by atoms with Gasteiger partial charge in [-0.2, -0.15) is 0 Å². The van der Waals surface area contributed by atoms with Gasteiger partial charge in [-0.3, -0.25) is 9.59 Å². The molecule has 5 nitrogen and oxygen atoms in total. The standard InChI is InChI=1S/C19H29NO4/c21-16-8-12-5-13(9-16)7-14(6-12)17(22)20-10-15-3-1-2-4-19(15,11-20)18(23)24/h12-16,21H,1-11H2,(H,23,24)/t12-,13+,14?,15-,16?,19-/m0/s1. The van der Waals surface area contributed by atoms with E-state index in [9.17, 15) is 19.8 Å². The second-order valence-corrected chi connectivity index (χ2v) is 8.88. The van der Waals surface area contributed by atoms with Gasteiger partial charge in [0.15, 0.2) is 0 Å². The van der Waals surface area contributed by atoms with Crippen LogP contribution < -0.4 is 0 Å². The Bertz CT molecular complexity index is 517. The molecule has 0 aromatic heterocycles. The second kappa shape index (κ2) is 6.01. The number of aliphatic hydroxyl groups is 1. The summed E-state index contributed by atoms with van der Waals surface area (Å²) in [4.78, 5) is 26.9. The van der Waals surface area contributed by atoms with Gasteiger partial charge in [0.1, 0.15) is 0 Å². The van der Waals surface area contributed by atoms with Crippen LogP contribution in [0.3, 0.4) is 0 Å². The molecular weight excluding hydrogens is 306 g/mol. The average Bonchev–Trinajstić information content (AvgIpc) is 2.94. The molecule has 1 heterocycles.